The minimum atomic E-state index is -0.265. The van der Waals surface area contributed by atoms with Gasteiger partial charge in [0.05, 0.1) is 17.3 Å². The van der Waals surface area contributed by atoms with E-state index in [1.807, 2.05) is 31.3 Å². The first-order valence-corrected chi connectivity index (χ1v) is 11.6. The van der Waals surface area contributed by atoms with Gasteiger partial charge in [-0.1, -0.05) is 12.1 Å². The summed E-state index contributed by atoms with van der Waals surface area (Å²) in [4.78, 5) is 20.0. The maximum Gasteiger partial charge on any atom is 0.270 e. The topological polar surface area (TPSA) is 116 Å². The van der Waals surface area contributed by atoms with Crippen LogP contribution in [0.25, 0.3) is 17.0 Å². The monoisotopic (exact) mass is 467 g/mol. The highest BCUT2D eigenvalue weighted by Gasteiger charge is 2.55. The van der Waals surface area contributed by atoms with Crippen LogP contribution >= 0.6 is 0 Å². The normalized spacial score (nSPS) is 21.0. The van der Waals surface area contributed by atoms with E-state index < -0.39 is 0 Å². The average Bonchev–Trinajstić information content (AvgIpc) is 3.29. The number of anilines is 1. The van der Waals surface area contributed by atoms with Crippen molar-refractivity contribution in [3.05, 3.63) is 65.5 Å². The Hall–Kier alpha value is -4.23. The van der Waals surface area contributed by atoms with Gasteiger partial charge in [-0.2, -0.15) is 20.0 Å². The molecule has 1 saturated carbocycles. The van der Waals surface area contributed by atoms with Crippen LogP contribution < -0.4 is 10.6 Å². The Balaban J connectivity index is 1.29. The van der Waals surface area contributed by atoms with Crippen molar-refractivity contribution in [3.63, 3.8) is 0 Å². The summed E-state index contributed by atoms with van der Waals surface area (Å²) in [6, 6.07) is 15.2. The lowest BCUT2D eigenvalue weighted by Gasteiger charge is -2.16. The third-order valence-corrected chi connectivity index (χ3v) is 6.97. The number of hydrogen-bond acceptors (Lipinski definition) is 7. The van der Waals surface area contributed by atoms with Gasteiger partial charge in [-0.15, -0.1) is 0 Å². The van der Waals surface area contributed by atoms with E-state index in [1.165, 1.54) is 0 Å². The van der Waals surface area contributed by atoms with Crippen LogP contribution in [0.5, 0.6) is 0 Å². The molecule has 1 aliphatic carbocycles. The molecular weight excluding hydrogens is 442 g/mol. The van der Waals surface area contributed by atoms with E-state index in [1.54, 1.807) is 33.6 Å². The zero-order valence-electron chi connectivity index (χ0n) is 19.5. The number of hydrogen-bond donors (Lipinski definition) is 2. The van der Waals surface area contributed by atoms with E-state index in [9.17, 15) is 4.79 Å². The van der Waals surface area contributed by atoms with E-state index in [2.05, 4.69) is 38.7 Å². The summed E-state index contributed by atoms with van der Waals surface area (Å²) in [6.45, 7) is 2.50. The number of piperidine rings is 1. The summed E-state index contributed by atoms with van der Waals surface area (Å²) >= 11 is 0. The largest absolute Gasteiger partial charge is 0.366 e. The van der Waals surface area contributed by atoms with Gasteiger partial charge in [0.25, 0.3) is 5.91 Å². The minimum Gasteiger partial charge on any atom is -0.366 e. The highest BCUT2D eigenvalue weighted by Crippen LogP contribution is 2.46. The van der Waals surface area contributed by atoms with Crippen LogP contribution in [0.1, 0.15) is 21.6 Å². The summed E-state index contributed by atoms with van der Waals surface area (Å²) in [5, 5.41) is 24.6. The van der Waals surface area contributed by atoms with E-state index in [-0.39, 0.29) is 5.91 Å². The Morgan fingerprint density at radius 3 is 2.60 bits per heavy atom. The van der Waals surface area contributed by atoms with E-state index in [4.69, 9.17) is 10.4 Å². The van der Waals surface area contributed by atoms with Crippen molar-refractivity contribution in [3.8, 4) is 17.5 Å². The van der Waals surface area contributed by atoms with Gasteiger partial charge in [0.1, 0.15) is 17.2 Å². The number of likely N-dealkylation sites (tertiary alicyclic amines) is 1. The van der Waals surface area contributed by atoms with Crippen LogP contribution in [0, 0.1) is 23.2 Å². The number of rotatable bonds is 6. The molecule has 2 N–H and O–H groups in total. The molecule has 1 saturated heterocycles. The number of nitrogens with zero attached hydrogens (tertiary/aromatic N) is 7. The molecule has 2 aliphatic rings. The molecule has 35 heavy (non-hydrogen) atoms. The molecule has 10 heteroatoms. The molecule has 4 aromatic rings. The van der Waals surface area contributed by atoms with Gasteiger partial charge in [-0.25, -0.2) is 4.98 Å². The van der Waals surface area contributed by atoms with Gasteiger partial charge in [0.15, 0.2) is 5.65 Å². The Morgan fingerprint density at radius 2 is 1.91 bits per heavy atom. The van der Waals surface area contributed by atoms with Crippen LogP contribution in [-0.4, -0.2) is 61.4 Å². The van der Waals surface area contributed by atoms with Gasteiger partial charge in [-0.3, -0.25) is 9.48 Å². The van der Waals surface area contributed by atoms with Gasteiger partial charge in [0.2, 0.25) is 0 Å². The lowest BCUT2D eigenvalue weighted by Crippen LogP contribution is -2.26. The number of fused-ring (bicyclic) bond motifs is 2. The van der Waals surface area contributed by atoms with Gasteiger partial charge in [0, 0.05) is 51.1 Å². The number of aryl methyl sites for hydroxylation is 1. The molecule has 1 aromatic carbocycles. The Bertz CT molecular complexity index is 1450. The number of benzene rings is 1. The molecule has 0 radical (unpaired) electrons. The van der Waals surface area contributed by atoms with Crippen LogP contribution in [0.15, 0.2) is 48.7 Å². The second kappa shape index (κ2) is 8.21. The van der Waals surface area contributed by atoms with Crippen molar-refractivity contribution in [1.82, 2.24) is 34.6 Å². The van der Waals surface area contributed by atoms with Crippen molar-refractivity contribution in [2.75, 3.05) is 25.5 Å². The summed E-state index contributed by atoms with van der Waals surface area (Å²) in [7, 11) is 4.02. The summed E-state index contributed by atoms with van der Waals surface area (Å²) < 4.78 is 3.54. The van der Waals surface area contributed by atoms with E-state index in [0.717, 1.165) is 35.9 Å². The van der Waals surface area contributed by atoms with Crippen LogP contribution in [0.4, 0.5) is 5.82 Å². The van der Waals surface area contributed by atoms with Gasteiger partial charge < -0.3 is 15.5 Å². The molecule has 2 fully saturated rings. The summed E-state index contributed by atoms with van der Waals surface area (Å²) in [5.74, 6) is 1.72. The highest BCUT2D eigenvalue weighted by atomic mass is 16.1. The van der Waals surface area contributed by atoms with E-state index >= 15 is 0 Å². The molecule has 6 rings (SSSR count). The lowest BCUT2D eigenvalue weighted by atomic mass is 10.1. The fraction of sp³-hybridized carbons (Fsp3) is 0.320. The standard InChI is InChI=1S/C25H25N9O/c1-32-13-17-18(14-32)24(17)30-23-10-20(25(35)27-12-16-5-3-15(11-26)4-6-16)29-22-9-19(31-34(22)23)21-7-8-28-33(21)2/h3-10,17-18,24,30H,12-14H2,1-2H3,(H,27,35). The quantitative estimate of drug-likeness (QED) is 0.445. The number of amides is 1. The zero-order valence-corrected chi connectivity index (χ0v) is 19.5. The molecule has 2 atom stereocenters. The van der Waals surface area contributed by atoms with Crippen LogP contribution in [-0.2, 0) is 13.6 Å². The first kappa shape index (κ1) is 21.3. The van der Waals surface area contributed by atoms with Crippen molar-refractivity contribution < 1.29 is 4.79 Å². The van der Waals surface area contributed by atoms with Crippen LogP contribution in [0.3, 0.4) is 0 Å². The predicted octanol–water partition coefficient (Wildman–Crippen LogP) is 1.90. The number of carbonyl (C=O) groups excluding carboxylic acids is 1. The van der Waals surface area contributed by atoms with Gasteiger partial charge >= 0.3 is 0 Å². The molecule has 3 aromatic heterocycles. The third-order valence-electron chi connectivity index (χ3n) is 6.97. The molecule has 2 unspecified atom stereocenters. The molecule has 1 amide bonds. The minimum absolute atomic E-state index is 0.265. The molecule has 176 valence electrons. The predicted molar refractivity (Wildman–Crippen MR) is 129 cm³/mol. The Kier molecular flexibility index (Phi) is 5.00. The van der Waals surface area contributed by atoms with Gasteiger partial charge in [-0.05, 0) is 42.6 Å². The third kappa shape index (κ3) is 3.90. The molecular formula is C25H25N9O. The molecule has 10 nitrogen and oxygen atoms in total. The molecule has 4 heterocycles. The van der Waals surface area contributed by atoms with Crippen LogP contribution in [0.2, 0.25) is 0 Å². The molecule has 0 spiro atoms. The first-order chi connectivity index (χ1) is 17.0. The SMILES string of the molecule is CN1CC2C(C1)C2Nc1cc(C(=O)NCc2ccc(C#N)cc2)nc2cc(-c3ccnn3C)nn12. The lowest BCUT2D eigenvalue weighted by molar-refractivity contribution is 0.0946. The summed E-state index contributed by atoms with van der Waals surface area (Å²) in [5.41, 5.74) is 4.04. The average molecular weight is 468 g/mol. The van der Waals surface area contributed by atoms with Crippen molar-refractivity contribution in [2.45, 2.75) is 12.6 Å². The first-order valence-electron chi connectivity index (χ1n) is 11.6. The fourth-order valence-corrected chi connectivity index (χ4v) is 5.04. The molecule has 1 aliphatic heterocycles. The summed E-state index contributed by atoms with van der Waals surface area (Å²) in [6.07, 6.45) is 1.73. The Labute approximate surface area is 202 Å². The highest BCUT2D eigenvalue weighted by molar-refractivity contribution is 5.93. The number of nitrogens with one attached hydrogen (secondary N) is 2. The maximum absolute atomic E-state index is 13.1. The zero-order chi connectivity index (χ0) is 24.1. The van der Waals surface area contributed by atoms with Crippen molar-refractivity contribution in [1.29, 1.82) is 5.26 Å². The number of nitriles is 1. The fourth-order valence-electron chi connectivity index (χ4n) is 5.04. The Morgan fingerprint density at radius 1 is 1.14 bits per heavy atom. The molecule has 0 bridgehead atoms. The van der Waals surface area contributed by atoms with E-state index in [0.29, 0.717) is 41.3 Å². The second-order valence-corrected chi connectivity index (χ2v) is 9.38. The number of aromatic nitrogens is 5. The van der Waals surface area contributed by atoms with Crippen molar-refractivity contribution >= 4 is 17.4 Å². The smallest absolute Gasteiger partial charge is 0.270 e. The second-order valence-electron chi connectivity index (χ2n) is 9.38. The maximum atomic E-state index is 13.1. The number of carbonyl (C=O) groups is 1. The van der Waals surface area contributed by atoms with Crippen molar-refractivity contribution in [2.24, 2.45) is 18.9 Å².